The number of nitrogens with zero attached hydrogens (tertiary/aromatic N) is 5. The van der Waals surface area contributed by atoms with E-state index in [0.717, 1.165) is 23.6 Å². The molecule has 0 aliphatic carbocycles. The molecule has 0 saturated heterocycles. The maximum absolute atomic E-state index is 11.0. The molecule has 0 saturated carbocycles. The summed E-state index contributed by atoms with van der Waals surface area (Å²) in [5, 5.41) is 11.0. The van der Waals surface area contributed by atoms with Crippen LogP contribution in [0.2, 0.25) is 0 Å². The average molecular weight is 404 g/mol. The molecule has 0 bridgehead atoms. The van der Waals surface area contributed by atoms with E-state index in [9.17, 15) is 9.90 Å². The molecule has 156 valence electrons. The lowest BCUT2D eigenvalue weighted by atomic mass is 10.2. The van der Waals surface area contributed by atoms with Crippen LogP contribution in [0.15, 0.2) is 73.2 Å². The van der Waals surface area contributed by atoms with Gasteiger partial charge in [0.1, 0.15) is 0 Å². The van der Waals surface area contributed by atoms with Gasteiger partial charge in [0, 0.05) is 63.8 Å². The highest BCUT2D eigenvalue weighted by atomic mass is 16.4. The van der Waals surface area contributed by atoms with Gasteiger partial charge in [-0.25, -0.2) is 0 Å². The van der Waals surface area contributed by atoms with Gasteiger partial charge in [-0.3, -0.25) is 24.8 Å². The van der Waals surface area contributed by atoms with Gasteiger partial charge in [-0.2, -0.15) is 0 Å². The Kier molecular flexibility index (Phi) is 8.44. The molecule has 0 unspecified atom stereocenters. The van der Waals surface area contributed by atoms with Crippen molar-refractivity contribution in [2.45, 2.75) is 26.1 Å². The van der Waals surface area contributed by atoms with Gasteiger partial charge in [-0.1, -0.05) is 18.2 Å². The molecule has 0 radical (unpaired) electrons. The molecule has 0 aromatic carbocycles. The van der Waals surface area contributed by atoms with Gasteiger partial charge in [0.2, 0.25) is 0 Å². The van der Waals surface area contributed by atoms with Crippen molar-refractivity contribution in [2.75, 3.05) is 19.6 Å². The van der Waals surface area contributed by atoms with Crippen molar-refractivity contribution in [1.29, 1.82) is 0 Å². The Bertz CT molecular complexity index is 836. The number of hydrogen-bond donors (Lipinski definition) is 0. The highest BCUT2D eigenvalue weighted by molar-refractivity contribution is 5.64. The first kappa shape index (κ1) is 21.5. The van der Waals surface area contributed by atoms with Crippen LogP contribution in [0.25, 0.3) is 0 Å². The molecule has 0 atom stereocenters. The first-order valence-corrected chi connectivity index (χ1v) is 10.0. The van der Waals surface area contributed by atoms with Crippen molar-refractivity contribution in [2.24, 2.45) is 0 Å². The Morgan fingerprint density at radius 1 is 0.667 bits per heavy atom. The van der Waals surface area contributed by atoms with Gasteiger partial charge in [-0.15, -0.1) is 0 Å². The molecule has 0 spiro atoms. The highest BCUT2D eigenvalue weighted by Crippen LogP contribution is 2.09. The van der Waals surface area contributed by atoms with Crippen LogP contribution in [0.3, 0.4) is 0 Å². The number of rotatable bonds is 12. The molecule has 7 heteroatoms. The van der Waals surface area contributed by atoms with Crippen LogP contribution in [-0.4, -0.2) is 50.4 Å². The summed E-state index contributed by atoms with van der Waals surface area (Å²) >= 11 is 0. The largest absolute Gasteiger partial charge is 0.550 e. The fraction of sp³-hybridized carbons (Fsp3) is 0.304. The van der Waals surface area contributed by atoms with E-state index in [4.69, 9.17) is 0 Å². The van der Waals surface area contributed by atoms with Crippen LogP contribution in [0.1, 0.15) is 23.5 Å². The number of aromatic nitrogens is 3. The Balaban J connectivity index is 1.66. The molecule has 7 nitrogen and oxygen atoms in total. The Hall–Kier alpha value is -3.16. The topological polar surface area (TPSA) is 85.3 Å². The SMILES string of the molecule is O=C([O-])CCN(CCN(Cc1ccccn1)Cc1ccccn1)Cc1ccccn1. The van der Waals surface area contributed by atoms with E-state index in [1.54, 1.807) is 18.6 Å². The number of carbonyl (C=O) groups excluding carboxylic acids is 1. The van der Waals surface area contributed by atoms with Crippen LogP contribution in [0.4, 0.5) is 0 Å². The number of carboxylic acid groups (broad SMARTS) is 1. The zero-order valence-electron chi connectivity index (χ0n) is 16.9. The van der Waals surface area contributed by atoms with Gasteiger partial charge in [-0.05, 0) is 42.8 Å². The van der Waals surface area contributed by atoms with Crippen LogP contribution < -0.4 is 5.11 Å². The minimum absolute atomic E-state index is 0.00663. The van der Waals surface area contributed by atoms with Crippen LogP contribution in [0, 0.1) is 0 Å². The van der Waals surface area contributed by atoms with Gasteiger partial charge >= 0.3 is 0 Å². The smallest absolute Gasteiger partial charge is 0.0544 e. The summed E-state index contributed by atoms with van der Waals surface area (Å²) in [7, 11) is 0. The van der Waals surface area contributed by atoms with Crippen molar-refractivity contribution in [3.63, 3.8) is 0 Å². The number of carbonyl (C=O) groups is 1. The Morgan fingerprint density at radius 2 is 1.10 bits per heavy atom. The van der Waals surface area contributed by atoms with E-state index < -0.39 is 5.97 Å². The van der Waals surface area contributed by atoms with Crippen LogP contribution >= 0.6 is 0 Å². The van der Waals surface area contributed by atoms with Gasteiger partial charge in [0.05, 0.1) is 17.1 Å². The predicted octanol–water partition coefficient (Wildman–Crippen LogP) is 1.52. The van der Waals surface area contributed by atoms with Crippen molar-refractivity contribution in [1.82, 2.24) is 24.8 Å². The number of pyridine rings is 3. The Morgan fingerprint density at radius 3 is 1.50 bits per heavy atom. The summed E-state index contributed by atoms with van der Waals surface area (Å²) in [6, 6.07) is 17.5. The quantitative estimate of drug-likeness (QED) is 0.452. The maximum Gasteiger partial charge on any atom is 0.0544 e. The highest BCUT2D eigenvalue weighted by Gasteiger charge is 2.13. The van der Waals surface area contributed by atoms with E-state index in [2.05, 4.69) is 24.8 Å². The molecule has 30 heavy (non-hydrogen) atoms. The lowest BCUT2D eigenvalue weighted by Gasteiger charge is -2.27. The third-order valence-corrected chi connectivity index (χ3v) is 4.70. The van der Waals surface area contributed by atoms with Crippen molar-refractivity contribution < 1.29 is 9.90 Å². The fourth-order valence-corrected chi connectivity index (χ4v) is 3.18. The van der Waals surface area contributed by atoms with Gasteiger partial charge < -0.3 is 9.90 Å². The molecule has 3 aromatic heterocycles. The average Bonchev–Trinajstić information content (AvgIpc) is 2.77. The van der Waals surface area contributed by atoms with Gasteiger partial charge in [0.15, 0.2) is 0 Å². The van der Waals surface area contributed by atoms with E-state index in [1.165, 1.54) is 0 Å². The molecule has 0 fully saturated rings. The lowest BCUT2D eigenvalue weighted by molar-refractivity contribution is -0.305. The molecule has 0 N–H and O–H groups in total. The summed E-state index contributed by atoms with van der Waals surface area (Å²) in [6.45, 7) is 3.83. The fourth-order valence-electron chi connectivity index (χ4n) is 3.18. The first-order chi connectivity index (χ1) is 14.7. The third kappa shape index (κ3) is 7.69. The summed E-state index contributed by atoms with van der Waals surface area (Å²) in [5.41, 5.74) is 2.88. The van der Waals surface area contributed by atoms with E-state index in [0.29, 0.717) is 32.7 Å². The number of hydrogen-bond acceptors (Lipinski definition) is 7. The second kappa shape index (κ2) is 11.7. The lowest BCUT2D eigenvalue weighted by Crippen LogP contribution is -2.37. The maximum atomic E-state index is 11.0. The Labute approximate surface area is 177 Å². The monoisotopic (exact) mass is 404 g/mol. The molecular formula is C23H26N5O2-. The van der Waals surface area contributed by atoms with E-state index in [1.807, 2.05) is 54.6 Å². The van der Waals surface area contributed by atoms with Crippen LogP contribution in [0.5, 0.6) is 0 Å². The minimum Gasteiger partial charge on any atom is -0.550 e. The van der Waals surface area contributed by atoms with Crippen molar-refractivity contribution in [3.05, 3.63) is 90.3 Å². The van der Waals surface area contributed by atoms with Crippen molar-refractivity contribution >= 4 is 5.97 Å². The molecule has 3 rings (SSSR count). The summed E-state index contributed by atoms with van der Waals surface area (Å²) in [4.78, 5) is 28.6. The predicted molar refractivity (Wildman–Crippen MR) is 112 cm³/mol. The molecule has 0 aliphatic rings. The number of carboxylic acids is 1. The van der Waals surface area contributed by atoms with E-state index in [-0.39, 0.29) is 6.42 Å². The third-order valence-electron chi connectivity index (χ3n) is 4.70. The standard InChI is InChI=1S/C23H27N5O2/c29-23(30)10-14-27(17-20-7-1-4-11-24-20)15-16-28(18-21-8-2-5-12-25-21)19-22-9-3-6-13-26-22/h1-9,11-13H,10,14-19H2,(H,29,30)/p-1. The van der Waals surface area contributed by atoms with Crippen molar-refractivity contribution in [3.8, 4) is 0 Å². The number of aliphatic carboxylic acids is 1. The van der Waals surface area contributed by atoms with E-state index >= 15 is 0 Å². The summed E-state index contributed by atoms with van der Waals surface area (Å²) in [6.07, 6.45) is 5.33. The summed E-state index contributed by atoms with van der Waals surface area (Å²) in [5.74, 6) is -1.04. The molecule has 0 amide bonds. The first-order valence-electron chi connectivity index (χ1n) is 10.0. The van der Waals surface area contributed by atoms with Crippen LogP contribution in [-0.2, 0) is 24.4 Å². The second-order valence-corrected chi connectivity index (χ2v) is 7.07. The molecule has 3 aromatic rings. The molecular weight excluding hydrogens is 378 g/mol. The zero-order chi connectivity index (χ0) is 21.0. The second-order valence-electron chi connectivity index (χ2n) is 7.07. The normalized spacial score (nSPS) is 11.1. The molecule has 0 aliphatic heterocycles. The summed E-state index contributed by atoms with van der Waals surface area (Å²) < 4.78 is 0. The zero-order valence-corrected chi connectivity index (χ0v) is 16.9. The minimum atomic E-state index is -1.04. The van der Waals surface area contributed by atoms with Gasteiger partial charge in [0.25, 0.3) is 0 Å². The molecule has 3 heterocycles.